The van der Waals surface area contributed by atoms with Crippen LogP contribution in [0.25, 0.3) is 22.2 Å². The zero-order valence-corrected chi connectivity index (χ0v) is 22.0. The highest BCUT2D eigenvalue weighted by Gasteiger charge is 2.40. The van der Waals surface area contributed by atoms with Crippen LogP contribution in [0, 0.1) is 5.92 Å². The van der Waals surface area contributed by atoms with Crippen molar-refractivity contribution >= 4 is 22.5 Å². The van der Waals surface area contributed by atoms with E-state index in [-0.39, 0.29) is 18.1 Å². The van der Waals surface area contributed by atoms with Crippen molar-refractivity contribution in [3.63, 3.8) is 0 Å². The fourth-order valence-electron chi connectivity index (χ4n) is 6.29. The molecule has 2 aromatic carbocycles. The highest BCUT2D eigenvalue weighted by Crippen LogP contribution is 2.40. The van der Waals surface area contributed by atoms with Gasteiger partial charge in [-0.05, 0) is 80.5 Å². The minimum Gasteiger partial charge on any atom is -0.393 e. The number of aliphatic hydroxyl groups is 1. The molecule has 0 saturated carbocycles. The van der Waals surface area contributed by atoms with Gasteiger partial charge in [0.25, 0.3) is 5.91 Å². The number of nitrogens with one attached hydrogen (secondary N) is 2. The van der Waals surface area contributed by atoms with E-state index in [1.807, 2.05) is 36.4 Å². The molecule has 38 heavy (non-hydrogen) atoms. The fourth-order valence-corrected chi connectivity index (χ4v) is 6.29. The topological polar surface area (TPSA) is 94.1 Å². The molecule has 6 rings (SSSR count). The van der Waals surface area contributed by atoms with Crippen LogP contribution in [-0.4, -0.2) is 44.4 Å². The van der Waals surface area contributed by atoms with Gasteiger partial charge in [-0.3, -0.25) is 14.9 Å². The number of benzene rings is 2. The molecule has 1 amide bonds. The number of aromatic nitrogens is 3. The van der Waals surface area contributed by atoms with Crippen LogP contribution in [-0.2, 0) is 0 Å². The van der Waals surface area contributed by atoms with Gasteiger partial charge in [-0.1, -0.05) is 32.0 Å². The molecule has 7 heteroatoms. The summed E-state index contributed by atoms with van der Waals surface area (Å²) in [5.74, 6) is 0.298. The summed E-state index contributed by atoms with van der Waals surface area (Å²) < 4.78 is 0. The van der Waals surface area contributed by atoms with Gasteiger partial charge in [0.05, 0.1) is 29.1 Å². The maximum atomic E-state index is 13.3. The van der Waals surface area contributed by atoms with Crippen LogP contribution < -0.4 is 10.2 Å². The molecular weight excluding hydrogens is 474 g/mol. The molecule has 4 heterocycles. The highest BCUT2D eigenvalue weighted by molar-refractivity contribution is 6.01. The summed E-state index contributed by atoms with van der Waals surface area (Å²) in [5, 5.41) is 22.0. The van der Waals surface area contributed by atoms with Gasteiger partial charge in [-0.15, -0.1) is 0 Å². The van der Waals surface area contributed by atoms with Crippen LogP contribution >= 0.6 is 0 Å². The first-order valence-electron chi connectivity index (χ1n) is 13.7. The van der Waals surface area contributed by atoms with Crippen LogP contribution in [0.15, 0.2) is 66.9 Å². The molecule has 1 unspecified atom stereocenters. The molecule has 0 spiro atoms. The Morgan fingerprint density at radius 3 is 2.53 bits per heavy atom. The SMILES string of the molecule is CC(C)C[C@@H](NC(=O)c1ccc2[nH]nc(-c3ccc(N4[C@@H]5CC[C@H]4CC(O)C5)cc3)c2c1)c1ccccn1. The number of hydrogen-bond donors (Lipinski definition) is 3. The van der Waals surface area contributed by atoms with Crippen LogP contribution in [0.5, 0.6) is 0 Å². The lowest BCUT2D eigenvalue weighted by Gasteiger charge is -2.39. The predicted molar refractivity (Wildman–Crippen MR) is 150 cm³/mol. The Kier molecular flexibility index (Phi) is 6.62. The Hall–Kier alpha value is -3.71. The van der Waals surface area contributed by atoms with Crippen LogP contribution in [0.1, 0.15) is 68.0 Å². The molecule has 2 aromatic heterocycles. The lowest BCUT2D eigenvalue weighted by atomic mass is 9.98. The van der Waals surface area contributed by atoms with Crippen molar-refractivity contribution in [1.82, 2.24) is 20.5 Å². The lowest BCUT2D eigenvalue weighted by Crippen LogP contribution is -2.44. The van der Waals surface area contributed by atoms with Gasteiger partial charge in [0.15, 0.2) is 0 Å². The molecule has 0 aliphatic carbocycles. The van der Waals surface area contributed by atoms with Crippen molar-refractivity contribution in [3.8, 4) is 11.3 Å². The highest BCUT2D eigenvalue weighted by atomic mass is 16.3. The third-order valence-electron chi connectivity index (χ3n) is 8.03. The van der Waals surface area contributed by atoms with E-state index >= 15 is 0 Å². The standard InChI is InChI=1S/C31H35N5O2/c1-19(2)15-29(28-5-3-4-14-32-28)33-31(38)21-8-13-27-26(16-21)30(35-34-27)20-6-9-22(10-7-20)36-23-11-12-24(36)18-25(37)17-23/h3-10,13-14,16,19,23-25,29,37H,11-12,15,17-18H2,1-2H3,(H,33,38)(H,34,35)/t23-,24+,25?,29-/m1/s1. The number of nitrogens with zero attached hydrogens (tertiary/aromatic N) is 3. The molecule has 0 radical (unpaired) electrons. The van der Waals surface area contributed by atoms with Crippen molar-refractivity contribution in [2.75, 3.05) is 4.90 Å². The molecule has 4 aromatic rings. The van der Waals surface area contributed by atoms with Crippen LogP contribution in [0.3, 0.4) is 0 Å². The quantitative estimate of drug-likeness (QED) is 0.300. The zero-order valence-electron chi connectivity index (χ0n) is 22.0. The second-order valence-electron chi connectivity index (χ2n) is 11.2. The minimum absolute atomic E-state index is 0.117. The number of carbonyl (C=O) groups is 1. The van der Waals surface area contributed by atoms with Gasteiger partial charge in [0, 0.05) is 40.5 Å². The van der Waals surface area contributed by atoms with Gasteiger partial charge < -0.3 is 15.3 Å². The maximum absolute atomic E-state index is 13.3. The van der Waals surface area contributed by atoms with Crippen molar-refractivity contribution in [1.29, 1.82) is 0 Å². The smallest absolute Gasteiger partial charge is 0.251 e. The molecule has 3 N–H and O–H groups in total. The van der Waals surface area contributed by atoms with Gasteiger partial charge >= 0.3 is 0 Å². The fraction of sp³-hybridized carbons (Fsp3) is 0.387. The van der Waals surface area contributed by atoms with Gasteiger partial charge in [0.2, 0.25) is 0 Å². The predicted octanol–water partition coefficient (Wildman–Crippen LogP) is 5.63. The number of amides is 1. The molecule has 4 atom stereocenters. The summed E-state index contributed by atoms with van der Waals surface area (Å²) in [6.45, 7) is 4.30. The second-order valence-corrected chi connectivity index (χ2v) is 11.2. The monoisotopic (exact) mass is 509 g/mol. The summed E-state index contributed by atoms with van der Waals surface area (Å²) in [4.78, 5) is 20.3. The number of pyridine rings is 1. The number of fused-ring (bicyclic) bond motifs is 3. The Bertz CT molecular complexity index is 1400. The Morgan fingerprint density at radius 1 is 1.08 bits per heavy atom. The van der Waals surface area contributed by atoms with Gasteiger partial charge in [0.1, 0.15) is 0 Å². The number of aromatic amines is 1. The first kappa shape index (κ1) is 24.6. The van der Waals surface area contributed by atoms with E-state index in [1.165, 1.54) is 5.69 Å². The number of aliphatic hydroxyl groups excluding tert-OH is 1. The zero-order chi connectivity index (χ0) is 26.2. The second kappa shape index (κ2) is 10.2. The Labute approximate surface area is 223 Å². The van der Waals surface area contributed by atoms with Gasteiger partial charge in [-0.2, -0.15) is 5.10 Å². The van der Waals surface area contributed by atoms with Crippen molar-refractivity contribution < 1.29 is 9.90 Å². The van der Waals surface area contributed by atoms with Crippen molar-refractivity contribution in [2.24, 2.45) is 5.92 Å². The number of anilines is 1. The molecule has 2 saturated heterocycles. The molecule has 196 valence electrons. The number of rotatable bonds is 7. The van der Waals surface area contributed by atoms with Crippen LogP contribution in [0.4, 0.5) is 5.69 Å². The van der Waals surface area contributed by atoms with E-state index in [1.54, 1.807) is 6.20 Å². The van der Waals surface area contributed by atoms with Gasteiger partial charge in [-0.25, -0.2) is 0 Å². The molecule has 7 nitrogen and oxygen atoms in total. The van der Waals surface area contributed by atoms with E-state index in [0.717, 1.165) is 60.0 Å². The Balaban J connectivity index is 1.24. The first-order valence-corrected chi connectivity index (χ1v) is 13.7. The van der Waals surface area contributed by atoms with E-state index in [2.05, 4.69) is 63.5 Å². The summed E-state index contributed by atoms with van der Waals surface area (Å²) in [5.41, 5.74) is 5.42. The molecule has 2 aliphatic heterocycles. The maximum Gasteiger partial charge on any atom is 0.251 e. The third-order valence-corrected chi connectivity index (χ3v) is 8.03. The number of H-pyrrole nitrogens is 1. The van der Waals surface area contributed by atoms with E-state index < -0.39 is 0 Å². The lowest BCUT2D eigenvalue weighted by molar-refractivity contribution is 0.0931. The molecular formula is C31H35N5O2. The Morgan fingerprint density at radius 2 is 1.84 bits per heavy atom. The van der Waals surface area contributed by atoms with E-state index in [0.29, 0.717) is 23.6 Å². The molecule has 2 fully saturated rings. The molecule has 2 bridgehead atoms. The number of carbonyl (C=O) groups excluding carboxylic acids is 1. The summed E-state index contributed by atoms with van der Waals surface area (Å²) in [6, 6.07) is 20.7. The normalized spacial score (nSPS) is 21.7. The summed E-state index contributed by atoms with van der Waals surface area (Å²) >= 11 is 0. The number of hydrogen-bond acceptors (Lipinski definition) is 5. The first-order chi connectivity index (χ1) is 18.5. The average Bonchev–Trinajstić information content (AvgIpc) is 3.46. The van der Waals surface area contributed by atoms with Crippen molar-refractivity contribution in [2.45, 2.75) is 70.2 Å². The van der Waals surface area contributed by atoms with Crippen LogP contribution in [0.2, 0.25) is 0 Å². The minimum atomic E-state index is -0.172. The third kappa shape index (κ3) is 4.78. The summed E-state index contributed by atoms with van der Waals surface area (Å²) in [6.07, 6.45) is 6.41. The van der Waals surface area contributed by atoms with E-state index in [9.17, 15) is 9.90 Å². The van der Waals surface area contributed by atoms with Crippen molar-refractivity contribution in [3.05, 3.63) is 78.1 Å². The number of piperidine rings is 1. The summed E-state index contributed by atoms with van der Waals surface area (Å²) in [7, 11) is 0. The molecule has 2 aliphatic rings. The largest absolute Gasteiger partial charge is 0.393 e. The van der Waals surface area contributed by atoms with E-state index in [4.69, 9.17) is 0 Å². The average molecular weight is 510 g/mol.